The molecule has 5 rings (SSSR count). The average Bonchev–Trinajstić information content (AvgIpc) is 3.63. The lowest BCUT2D eigenvalue weighted by atomic mass is 9.95. The third-order valence-corrected chi connectivity index (χ3v) is 6.51. The highest BCUT2D eigenvalue weighted by molar-refractivity contribution is 7.12. The number of aliphatic hydroxyl groups excluding tert-OH is 1. The number of ketones is 1. The van der Waals surface area contributed by atoms with Gasteiger partial charge in [-0.3, -0.25) is 9.59 Å². The molecule has 0 bridgehead atoms. The SMILES string of the molecule is O=C(C1=C(O)C(=O)N(Cc2ccco2)[C@H]1c1ccc(OCc2ccccc2)cc1)c1cccs1. The van der Waals surface area contributed by atoms with Gasteiger partial charge in [0.05, 0.1) is 29.3 Å². The van der Waals surface area contributed by atoms with Crippen LogP contribution in [0, 0.1) is 0 Å². The predicted molar refractivity (Wildman–Crippen MR) is 128 cm³/mol. The first-order valence-corrected chi connectivity index (χ1v) is 11.6. The van der Waals surface area contributed by atoms with Crippen LogP contribution in [0.15, 0.2) is 106 Å². The number of benzene rings is 2. The van der Waals surface area contributed by atoms with Gasteiger partial charge in [-0.05, 0) is 46.8 Å². The van der Waals surface area contributed by atoms with Gasteiger partial charge in [-0.25, -0.2) is 0 Å². The predicted octanol–water partition coefficient (Wildman–Crippen LogP) is 5.70. The molecule has 0 fully saturated rings. The second-order valence-corrected chi connectivity index (χ2v) is 8.77. The van der Waals surface area contributed by atoms with E-state index in [2.05, 4.69) is 0 Å². The van der Waals surface area contributed by atoms with E-state index in [0.717, 1.165) is 5.56 Å². The lowest BCUT2D eigenvalue weighted by Crippen LogP contribution is -2.30. The highest BCUT2D eigenvalue weighted by Crippen LogP contribution is 2.40. The van der Waals surface area contributed by atoms with Crippen molar-refractivity contribution < 1.29 is 23.8 Å². The molecule has 0 spiro atoms. The maximum absolute atomic E-state index is 13.3. The van der Waals surface area contributed by atoms with Crippen LogP contribution in [0.2, 0.25) is 0 Å². The number of furan rings is 1. The molecule has 1 amide bonds. The van der Waals surface area contributed by atoms with E-state index < -0.39 is 17.7 Å². The summed E-state index contributed by atoms with van der Waals surface area (Å²) in [5.41, 5.74) is 1.81. The molecule has 6 nitrogen and oxygen atoms in total. The zero-order valence-electron chi connectivity index (χ0n) is 18.1. The summed E-state index contributed by atoms with van der Waals surface area (Å²) < 4.78 is 11.3. The Morgan fingerprint density at radius 1 is 1.00 bits per heavy atom. The normalized spacial score (nSPS) is 15.7. The average molecular weight is 472 g/mol. The Bertz CT molecular complexity index is 1310. The highest BCUT2D eigenvalue weighted by Gasteiger charge is 2.44. The molecule has 1 aliphatic rings. The van der Waals surface area contributed by atoms with Crippen LogP contribution < -0.4 is 4.74 Å². The van der Waals surface area contributed by atoms with E-state index in [4.69, 9.17) is 9.15 Å². The number of thiophene rings is 1. The largest absolute Gasteiger partial charge is 0.503 e. The highest BCUT2D eigenvalue weighted by atomic mass is 32.1. The lowest BCUT2D eigenvalue weighted by molar-refractivity contribution is -0.130. The van der Waals surface area contributed by atoms with E-state index in [1.807, 2.05) is 42.5 Å². The first-order valence-electron chi connectivity index (χ1n) is 10.7. The van der Waals surface area contributed by atoms with Crippen LogP contribution in [0.3, 0.4) is 0 Å². The number of rotatable bonds is 8. The summed E-state index contributed by atoms with van der Waals surface area (Å²) in [5, 5.41) is 12.5. The molecule has 0 unspecified atom stereocenters. The van der Waals surface area contributed by atoms with Crippen molar-refractivity contribution in [2.75, 3.05) is 0 Å². The molecule has 1 N–H and O–H groups in total. The van der Waals surface area contributed by atoms with Crippen molar-refractivity contribution in [3.8, 4) is 5.75 Å². The topological polar surface area (TPSA) is 80.0 Å². The Morgan fingerprint density at radius 2 is 1.79 bits per heavy atom. The third-order valence-electron chi connectivity index (χ3n) is 5.64. The number of amides is 1. The van der Waals surface area contributed by atoms with E-state index in [1.165, 1.54) is 22.5 Å². The van der Waals surface area contributed by atoms with Crippen LogP contribution in [0.4, 0.5) is 0 Å². The standard InChI is InChI=1S/C27H21NO5S/c29-25(22-9-5-15-34-22)23-24(28(27(31)26(23)30)16-21-8-4-14-32-21)19-10-12-20(13-11-19)33-17-18-6-2-1-3-7-18/h1-15,24,30H,16-17H2/t24-/m0/s1. The maximum atomic E-state index is 13.3. The Morgan fingerprint density at radius 3 is 2.47 bits per heavy atom. The third kappa shape index (κ3) is 4.25. The van der Waals surface area contributed by atoms with Gasteiger partial charge < -0.3 is 19.2 Å². The van der Waals surface area contributed by atoms with Crippen molar-refractivity contribution >= 4 is 23.0 Å². The molecule has 1 atom stereocenters. The number of ether oxygens (including phenoxy) is 1. The van der Waals surface area contributed by atoms with Crippen LogP contribution in [-0.4, -0.2) is 21.7 Å². The van der Waals surface area contributed by atoms with E-state index in [1.54, 1.807) is 41.8 Å². The summed E-state index contributed by atoms with van der Waals surface area (Å²) in [7, 11) is 0. The fraction of sp³-hybridized carbons (Fsp3) is 0.111. The fourth-order valence-electron chi connectivity index (χ4n) is 3.99. The van der Waals surface area contributed by atoms with E-state index in [-0.39, 0.29) is 17.9 Å². The van der Waals surface area contributed by atoms with Crippen LogP contribution in [0.1, 0.15) is 32.6 Å². The zero-order chi connectivity index (χ0) is 23.5. The van der Waals surface area contributed by atoms with Gasteiger partial charge in [-0.2, -0.15) is 0 Å². The molecule has 0 aliphatic carbocycles. The van der Waals surface area contributed by atoms with Crippen LogP contribution in [-0.2, 0) is 17.9 Å². The van der Waals surface area contributed by atoms with Crippen LogP contribution in [0.5, 0.6) is 5.75 Å². The van der Waals surface area contributed by atoms with Gasteiger partial charge in [-0.15, -0.1) is 11.3 Å². The van der Waals surface area contributed by atoms with Crippen LogP contribution in [0.25, 0.3) is 0 Å². The Labute approximate surface area is 200 Å². The number of carbonyl (C=O) groups is 2. The Balaban J connectivity index is 1.45. The molecule has 1 aliphatic heterocycles. The minimum Gasteiger partial charge on any atom is -0.503 e. The van der Waals surface area contributed by atoms with Gasteiger partial charge in [-0.1, -0.05) is 48.5 Å². The molecule has 7 heteroatoms. The van der Waals surface area contributed by atoms with E-state index in [9.17, 15) is 14.7 Å². The Hall–Kier alpha value is -4.10. The van der Waals surface area contributed by atoms with Crippen LogP contribution >= 0.6 is 11.3 Å². The van der Waals surface area contributed by atoms with Gasteiger partial charge in [0.15, 0.2) is 5.76 Å². The molecule has 4 aromatic rings. The number of nitrogens with zero attached hydrogens (tertiary/aromatic N) is 1. The summed E-state index contributed by atoms with van der Waals surface area (Å²) in [5.74, 6) is -0.282. The Kier molecular flexibility index (Phi) is 6.01. The molecular formula is C27H21NO5S. The number of hydrogen-bond donors (Lipinski definition) is 1. The fourth-order valence-corrected chi connectivity index (χ4v) is 4.67. The first-order chi connectivity index (χ1) is 16.6. The number of hydrogen-bond acceptors (Lipinski definition) is 6. The summed E-state index contributed by atoms with van der Waals surface area (Å²) in [6.45, 7) is 0.545. The quantitative estimate of drug-likeness (QED) is 0.334. The maximum Gasteiger partial charge on any atom is 0.290 e. The molecule has 170 valence electrons. The van der Waals surface area contributed by atoms with Gasteiger partial charge in [0.1, 0.15) is 18.1 Å². The van der Waals surface area contributed by atoms with Crippen molar-refractivity contribution in [3.05, 3.63) is 124 Å². The van der Waals surface area contributed by atoms with Crippen molar-refractivity contribution in [2.24, 2.45) is 0 Å². The lowest BCUT2D eigenvalue weighted by Gasteiger charge is -2.26. The first kappa shape index (κ1) is 21.7. The van der Waals surface area contributed by atoms with Gasteiger partial charge in [0.2, 0.25) is 5.78 Å². The molecule has 2 aromatic carbocycles. The van der Waals surface area contributed by atoms with Crippen molar-refractivity contribution in [1.29, 1.82) is 0 Å². The number of carbonyl (C=O) groups excluding carboxylic acids is 2. The molecular weight excluding hydrogens is 450 g/mol. The van der Waals surface area contributed by atoms with Crippen molar-refractivity contribution in [3.63, 3.8) is 0 Å². The monoisotopic (exact) mass is 471 g/mol. The molecule has 3 heterocycles. The van der Waals surface area contributed by atoms with Gasteiger partial charge in [0, 0.05) is 0 Å². The second kappa shape index (κ2) is 9.41. The summed E-state index contributed by atoms with van der Waals surface area (Å²) in [6.07, 6.45) is 1.52. The smallest absolute Gasteiger partial charge is 0.290 e. The van der Waals surface area contributed by atoms with Crippen molar-refractivity contribution in [1.82, 2.24) is 4.90 Å². The molecule has 34 heavy (non-hydrogen) atoms. The molecule has 2 aromatic heterocycles. The number of Topliss-reactive ketones (excluding diaryl/α,β-unsaturated/α-hetero) is 1. The van der Waals surface area contributed by atoms with Crippen molar-refractivity contribution in [2.45, 2.75) is 19.2 Å². The van der Waals surface area contributed by atoms with E-state index in [0.29, 0.717) is 28.6 Å². The van der Waals surface area contributed by atoms with E-state index >= 15 is 0 Å². The van der Waals surface area contributed by atoms with Gasteiger partial charge in [0.25, 0.3) is 5.91 Å². The molecule has 0 saturated heterocycles. The minimum atomic E-state index is -0.754. The number of aliphatic hydroxyl groups is 1. The van der Waals surface area contributed by atoms with Gasteiger partial charge >= 0.3 is 0 Å². The summed E-state index contributed by atoms with van der Waals surface area (Å²) in [4.78, 5) is 28.2. The molecule has 0 saturated carbocycles. The zero-order valence-corrected chi connectivity index (χ0v) is 18.9. The summed E-state index contributed by atoms with van der Waals surface area (Å²) in [6, 6.07) is 23.2. The minimum absolute atomic E-state index is 0.0666. The summed E-state index contributed by atoms with van der Waals surface area (Å²) >= 11 is 1.27. The molecule has 0 radical (unpaired) electrons. The second-order valence-electron chi connectivity index (χ2n) is 7.83.